The maximum absolute atomic E-state index is 5.74. The van der Waals surface area contributed by atoms with Gasteiger partial charge in [0.2, 0.25) is 0 Å². The van der Waals surface area contributed by atoms with Crippen molar-refractivity contribution in [1.82, 2.24) is 5.43 Å². The highest BCUT2D eigenvalue weighted by Crippen LogP contribution is 2.36. The van der Waals surface area contributed by atoms with E-state index in [-0.39, 0.29) is 0 Å². The first-order valence-electron chi connectivity index (χ1n) is 6.46. The Bertz CT molecular complexity index is 235. The van der Waals surface area contributed by atoms with E-state index in [0.717, 1.165) is 11.8 Å². The van der Waals surface area contributed by atoms with E-state index in [1.165, 1.54) is 44.9 Å². The summed E-state index contributed by atoms with van der Waals surface area (Å²) in [6, 6.07) is 0.468. The van der Waals surface area contributed by atoms with Crippen molar-refractivity contribution in [2.24, 2.45) is 17.7 Å². The van der Waals surface area contributed by atoms with Crippen LogP contribution in [0.2, 0.25) is 0 Å². The summed E-state index contributed by atoms with van der Waals surface area (Å²) in [5.74, 6) is 7.42. The zero-order chi connectivity index (χ0) is 10.7. The lowest BCUT2D eigenvalue weighted by molar-refractivity contribution is 0.380. The molecule has 2 nitrogen and oxygen atoms in total. The van der Waals surface area contributed by atoms with E-state index >= 15 is 0 Å². The second-order valence-corrected chi connectivity index (χ2v) is 5.35. The fourth-order valence-electron chi connectivity index (χ4n) is 3.25. The normalized spacial score (nSPS) is 33.9. The van der Waals surface area contributed by atoms with Gasteiger partial charge in [0.15, 0.2) is 0 Å². The molecule has 2 aliphatic rings. The van der Waals surface area contributed by atoms with Crippen LogP contribution in [0.25, 0.3) is 0 Å². The zero-order valence-corrected chi connectivity index (χ0v) is 9.84. The predicted octanol–water partition coefficient (Wildman–Crippen LogP) is 2.75. The van der Waals surface area contributed by atoms with E-state index in [4.69, 9.17) is 5.84 Å². The Morgan fingerprint density at radius 3 is 2.80 bits per heavy atom. The van der Waals surface area contributed by atoms with Gasteiger partial charge in [-0.3, -0.25) is 11.3 Å². The SMILES string of the molecule is CC1CCC(C(NN)C2=CCCCC2)C1. The number of nitrogens with one attached hydrogen (secondary N) is 1. The van der Waals surface area contributed by atoms with E-state index in [9.17, 15) is 0 Å². The Kier molecular flexibility index (Phi) is 3.81. The van der Waals surface area contributed by atoms with E-state index in [1.807, 2.05) is 0 Å². The van der Waals surface area contributed by atoms with E-state index in [0.29, 0.717) is 6.04 Å². The van der Waals surface area contributed by atoms with Crippen LogP contribution < -0.4 is 11.3 Å². The standard InChI is InChI=1S/C13H24N2/c1-10-7-8-12(9-10)13(15-14)11-5-3-2-4-6-11/h5,10,12-13,15H,2-4,6-9,14H2,1H3. The highest BCUT2D eigenvalue weighted by Gasteiger charge is 2.30. The van der Waals surface area contributed by atoms with Crippen LogP contribution in [0.15, 0.2) is 11.6 Å². The molecular weight excluding hydrogens is 184 g/mol. The molecule has 0 radical (unpaired) electrons. The summed E-state index contributed by atoms with van der Waals surface area (Å²) in [6.07, 6.45) is 11.8. The summed E-state index contributed by atoms with van der Waals surface area (Å²) in [6.45, 7) is 2.36. The first-order valence-corrected chi connectivity index (χ1v) is 6.46. The van der Waals surface area contributed by atoms with Crippen LogP contribution in [0.4, 0.5) is 0 Å². The lowest BCUT2D eigenvalue weighted by Gasteiger charge is -2.27. The van der Waals surface area contributed by atoms with Gasteiger partial charge >= 0.3 is 0 Å². The molecule has 15 heavy (non-hydrogen) atoms. The lowest BCUT2D eigenvalue weighted by atomic mass is 9.85. The summed E-state index contributed by atoms with van der Waals surface area (Å²) in [5, 5.41) is 0. The van der Waals surface area contributed by atoms with Gasteiger partial charge in [0, 0.05) is 6.04 Å². The second-order valence-electron chi connectivity index (χ2n) is 5.35. The zero-order valence-electron chi connectivity index (χ0n) is 9.84. The molecule has 2 heteroatoms. The molecule has 0 heterocycles. The van der Waals surface area contributed by atoms with Crippen LogP contribution in [0.5, 0.6) is 0 Å². The Balaban J connectivity index is 1.99. The fraction of sp³-hybridized carbons (Fsp3) is 0.846. The highest BCUT2D eigenvalue weighted by atomic mass is 15.2. The quantitative estimate of drug-likeness (QED) is 0.425. The molecule has 0 amide bonds. The molecule has 3 unspecified atom stereocenters. The van der Waals surface area contributed by atoms with Crippen LogP contribution in [0.1, 0.15) is 51.9 Å². The molecular formula is C13H24N2. The number of hydrogen-bond acceptors (Lipinski definition) is 2. The van der Waals surface area contributed by atoms with E-state index < -0.39 is 0 Å². The van der Waals surface area contributed by atoms with Crippen LogP contribution in [-0.2, 0) is 0 Å². The molecule has 3 N–H and O–H groups in total. The number of nitrogens with two attached hydrogens (primary N) is 1. The average Bonchev–Trinajstić information content (AvgIpc) is 2.68. The fourth-order valence-corrected chi connectivity index (χ4v) is 3.25. The van der Waals surface area contributed by atoms with Crippen molar-refractivity contribution in [3.05, 3.63) is 11.6 Å². The monoisotopic (exact) mass is 208 g/mol. The number of rotatable bonds is 3. The largest absolute Gasteiger partial charge is 0.271 e. The van der Waals surface area contributed by atoms with Crippen molar-refractivity contribution >= 4 is 0 Å². The van der Waals surface area contributed by atoms with Gasteiger partial charge in [0.05, 0.1) is 0 Å². The third-order valence-electron chi connectivity index (χ3n) is 4.11. The molecule has 2 aliphatic carbocycles. The molecule has 0 aromatic carbocycles. The predicted molar refractivity (Wildman–Crippen MR) is 64.2 cm³/mol. The molecule has 0 aromatic rings. The molecule has 0 bridgehead atoms. The van der Waals surface area contributed by atoms with Gasteiger partial charge in [-0.05, 0) is 50.4 Å². The molecule has 2 rings (SSSR count). The Morgan fingerprint density at radius 1 is 1.40 bits per heavy atom. The minimum Gasteiger partial charge on any atom is -0.271 e. The van der Waals surface area contributed by atoms with E-state index in [2.05, 4.69) is 18.4 Å². The number of hydrazine groups is 1. The van der Waals surface area contributed by atoms with Crippen LogP contribution in [0, 0.1) is 11.8 Å². The number of allylic oxidation sites excluding steroid dienone is 1. The first kappa shape index (κ1) is 11.2. The van der Waals surface area contributed by atoms with Crippen molar-refractivity contribution < 1.29 is 0 Å². The Labute approximate surface area is 93.3 Å². The molecule has 0 saturated heterocycles. The van der Waals surface area contributed by atoms with Crippen LogP contribution in [0.3, 0.4) is 0 Å². The molecule has 3 atom stereocenters. The molecule has 1 fully saturated rings. The van der Waals surface area contributed by atoms with Crippen molar-refractivity contribution in [2.45, 2.75) is 57.9 Å². The maximum Gasteiger partial charge on any atom is 0.0448 e. The summed E-state index contributed by atoms with van der Waals surface area (Å²) < 4.78 is 0. The van der Waals surface area contributed by atoms with Gasteiger partial charge in [-0.25, -0.2) is 0 Å². The van der Waals surface area contributed by atoms with Crippen LogP contribution in [-0.4, -0.2) is 6.04 Å². The van der Waals surface area contributed by atoms with Crippen molar-refractivity contribution in [3.63, 3.8) is 0 Å². The Morgan fingerprint density at radius 2 is 2.27 bits per heavy atom. The molecule has 0 aromatic heterocycles. The van der Waals surface area contributed by atoms with Gasteiger partial charge in [-0.15, -0.1) is 0 Å². The summed E-state index contributed by atoms with van der Waals surface area (Å²) in [4.78, 5) is 0. The third kappa shape index (κ3) is 2.61. The Hall–Kier alpha value is -0.340. The average molecular weight is 208 g/mol. The highest BCUT2D eigenvalue weighted by molar-refractivity contribution is 5.15. The molecule has 0 aliphatic heterocycles. The lowest BCUT2D eigenvalue weighted by Crippen LogP contribution is -2.42. The molecule has 0 spiro atoms. The van der Waals surface area contributed by atoms with Gasteiger partial charge < -0.3 is 0 Å². The summed E-state index contributed by atoms with van der Waals surface area (Å²) in [7, 11) is 0. The summed E-state index contributed by atoms with van der Waals surface area (Å²) in [5.41, 5.74) is 4.65. The smallest absolute Gasteiger partial charge is 0.0448 e. The number of hydrogen-bond donors (Lipinski definition) is 2. The molecule has 86 valence electrons. The minimum atomic E-state index is 0.468. The van der Waals surface area contributed by atoms with Gasteiger partial charge in [0.1, 0.15) is 0 Å². The van der Waals surface area contributed by atoms with E-state index in [1.54, 1.807) is 5.57 Å². The van der Waals surface area contributed by atoms with Gasteiger partial charge in [-0.1, -0.05) is 25.0 Å². The molecule has 1 saturated carbocycles. The van der Waals surface area contributed by atoms with Gasteiger partial charge in [-0.2, -0.15) is 0 Å². The van der Waals surface area contributed by atoms with Crippen molar-refractivity contribution in [2.75, 3.05) is 0 Å². The van der Waals surface area contributed by atoms with Crippen molar-refractivity contribution in [3.8, 4) is 0 Å². The van der Waals surface area contributed by atoms with Crippen molar-refractivity contribution in [1.29, 1.82) is 0 Å². The maximum atomic E-state index is 5.74. The first-order chi connectivity index (χ1) is 7.31. The van der Waals surface area contributed by atoms with Crippen LogP contribution >= 0.6 is 0 Å². The summed E-state index contributed by atoms with van der Waals surface area (Å²) >= 11 is 0. The third-order valence-corrected chi connectivity index (χ3v) is 4.11. The second kappa shape index (κ2) is 5.13. The van der Waals surface area contributed by atoms with Gasteiger partial charge in [0.25, 0.3) is 0 Å². The minimum absolute atomic E-state index is 0.468. The topological polar surface area (TPSA) is 38.0 Å².